The van der Waals surface area contributed by atoms with Crippen LogP contribution in [0.15, 0.2) is 18.2 Å². The summed E-state index contributed by atoms with van der Waals surface area (Å²) in [7, 11) is 0. The number of halogens is 4. The van der Waals surface area contributed by atoms with Gasteiger partial charge in [0.25, 0.3) is 0 Å². The molecule has 1 aromatic carbocycles. The molecule has 0 unspecified atom stereocenters. The van der Waals surface area contributed by atoms with E-state index in [4.69, 9.17) is 17.3 Å². The predicted octanol–water partition coefficient (Wildman–Crippen LogP) is 3.82. The zero-order valence-corrected chi connectivity index (χ0v) is 11.5. The average Bonchev–Trinajstić information content (AvgIpc) is 2.36. The van der Waals surface area contributed by atoms with Crippen LogP contribution in [0.4, 0.5) is 18.9 Å². The van der Waals surface area contributed by atoms with Gasteiger partial charge in [0.1, 0.15) is 0 Å². The number of amides is 1. The lowest BCUT2D eigenvalue weighted by molar-refractivity contribution is -0.137. The molecule has 0 atom stereocenters. The van der Waals surface area contributed by atoms with Crippen molar-refractivity contribution in [3.05, 3.63) is 28.8 Å². The number of hydrogen-bond donors (Lipinski definition) is 2. The standard InChI is InChI=1S/C13H16ClF3N2O/c14-10-6-4-5-9(13(15,16)17)12(10)19-11(20)7-2-1-3-8-18/h4-6H,1-3,7-8,18H2,(H,19,20). The summed E-state index contributed by atoms with van der Waals surface area (Å²) in [5.41, 5.74) is 3.99. The minimum Gasteiger partial charge on any atom is -0.330 e. The highest BCUT2D eigenvalue weighted by Gasteiger charge is 2.34. The first-order valence-electron chi connectivity index (χ1n) is 6.22. The van der Waals surface area contributed by atoms with Gasteiger partial charge in [0.05, 0.1) is 16.3 Å². The molecule has 0 heterocycles. The molecule has 7 heteroatoms. The second-order valence-corrected chi connectivity index (χ2v) is 4.71. The Hall–Kier alpha value is -1.27. The van der Waals surface area contributed by atoms with Crippen molar-refractivity contribution >= 4 is 23.2 Å². The molecule has 0 aliphatic carbocycles. The van der Waals surface area contributed by atoms with Gasteiger partial charge in [0.2, 0.25) is 5.91 Å². The zero-order chi connectivity index (χ0) is 15.2. The zero-order valence-electron chi connectivity index (χ0n) is 10.8. The topological polar surface area (TPSA) is 55.1 Å². The molecule has 0 saturated heterocycles. The molecule has 112 valence electrons. The van der Waals surface area contributed by atoms with E-state index < -0.39 is 17.6 Å². The minimum absolute atomic E-state index is 0.130. The van der Waals surface area contributed by atoms with Crippen LogP contribution in [-0.2, 0) is 11.0 Å². The molecule has 0 fully saturated rings. The van der Waals surface area contributed by atoms with Crippen LogP contribution in [0.3, 0.4) is 0 Å². The van der Waals surface area contributed by atoms with Gasteiger partial charge in [-0.15, -0.1) is 0 Å². The van der Waals surface area contributed by atoms with Gasteiger partial charge in [-0.1, -0.05) is 24.1 Å². The molecular weight excluding hydrogens is 293 g/mol. The monoisotopic (exact) mass is 308 g/mol. The van der Waals surface area contributed by atoms with Crippen molar-refractivity contribution in [2.75, 3.05) is 11.9 Å². The highest BCUT2D eigenvalue weighted by molar-refractivity contribution is 6.34. The van der Waals surface area contributed by atoms with Crippen LogP contribution in [-0.4, -0.2) is 12.5 Å². The third-order valence-electron chi connectivity index (χ3n) is 2.69. The number of unbranched alkanes of at least 4 members (excludes halogenated alkanes) is 2. The van der Waals surface area contributed by atoms with Gasteiger partial charge < -0.3 is 11.1 Å². The van der Waals surface area contributed by atoms with Crippen LogP contribution in [0.1, 0.15) is 31.2 Å². The van der Waals surface area contributed by atoms with Crippen LogP contribution in [0.2, 0.25) is 5.02 Å². The molecule has 1 aromatic rings. The van der Waals surface area contributed by atoms with Crippen molar-refractivity contribution in [2.45, 2.75) is 31.9 Å². The van der Waals surface area contributed by atoms with Crippen molar-refractivity contribution in [1.29, 1.82) is 0 Å². The fraction of sp³-hybridized carbons (Fsp3) is 0.462. The number of carbonyl (C=O) groups is 1. The van der Waals surface area contributed by atoms with Crippen molar-refractivity contribution in [2.24, 2.45) is 5.73 Å². The Morgan fingerprint density at radius 2 is 1.95 bits per heavy atom. The highest BCUT2D eigenvalue weighted by Crippen LogP contribution is 2.38. The first kappa shape index (κ1) is 16.8. The fourth-order valence-corrected chi connectivity index (χ4v) is 1.92. The third-order valence-corrected chi connectivity index (χ3v) is 3.01. The Labute approximate surface area is 120 Å². The Morgan fingerprint density at radius 1 is 1.25 bits per heavy atom. The lowest BCUT2D eigenvalue weighted by Gasteiger charge is -2.15. The maximum absolute atomic E-state index is 12.8. The number of carbonyl (C=O) groups excluding carboxylic acids is 1. The smallest absolute Gasteiger partial charge is 0.330 e. The quantitative estimate of drug-likeness (QED) is 0.785. The van der Waals surface area contributed by atoms with Gasteiger partial charge >= 0.3 is 6.18 Å². The van der Waals surface area contributed by atoms with E-state index in [0.717, 1.165) is 18.9 Å². The number of rotatable bonds is 6. The molecular formula is C13H16ClF3N2O. The van der Waals surface area contributed by atoms with Crippen LogP contribution in [0.5, 0.6) is 0 Å². The molecule has 0 aliphatic heterocycles. The normalized spacial score (nSPS) is 11.4. The molecule has 20 heavy (non-hydrogen) atoms. The predicted molar refractivity (Wildman–Crippen MR) is 72.6 cm³/mol. The number of benzene rings is 1. The van der Waals surface area contributed by atoms with Crippen molar-refractivity contribution in [1.82, 2.24) is 0 Å². The summed E-state index contributed by atoms with van der Waals surface area (Å²) in [5.74, 6) is -0.486. The maximum atomic E-state index is 12.8. The summed E-state index contributed by atoms with van der Waals surface area (Å²) in [6.07, 6.45) is -2.30. The van der Waals surface area contributed by atoms with E-state index in [-0.39, 0.29) is 17.1 Å². The molecule has 0 radical (unpaired) electrons. The van der Waals surface area contributed by atoms with E-state index in [0.29, 0.717) is 13.0 Å². The summed E-state index contributed by atoms with van der Waals surface area (Å²) < 4.78 is 38.4. The van der Waals surface area contributed by atoms with Crippen LogP contribution < -0.4 is 11.1 Å². The molecule has 0 spiro atoms. The van der Waals surface area contributed by atoms with E-state index in [1.165, 1.54) is 12.1 Å². The molecule has 3 N–H and O–H groups in total. The highest BCUT2D eigenvalue weighted by atomic mass is 35.5. The molecule has 1 amide bonds. The number of anilines is 1. The Bertz CT molecular complexity index is 463. The first-order valence-corrected chi connectivity index (χ1v) is 6.59. The number of para-hydroxylation sites is 1. The average molecular weight is 309 g/mol. The number of alkyl halides is 3. The second kappa shape index (κ2) is 7.50. The largest absolute Gasteiger partial charge is 0.418 e. The third kappa shape index (κ3) is 5.02. The molecule has 1 rings (SSSR count). The fourth-order valence-electron chi connectivity index (χ4n) is 1.70. The summed E-state index contributed by atoms with van der Waals surface area (Å²) >= 11 is 5.73. The van der Waals surface area contributed by atoms with E-state index in [1.807, 2.05) is 0 Å². The molecule has 0 saturated carbocycles. The van der Waals surface area contributed by atoms with Crippen LogP contribution >= 0.6 is 11.6 Å². The molecule has 0 bridgehead atoms. The summed E-state index contributed by atoms with van der Waals surface area (Å²) in [6, 6.07) is 3.39. The second-order valence-electron chi connectivity index (χ2n) is 4.31. The minimum atomic E-state index is -4.56. The van der Waals surface area contributed by atoms with Gasteiger partial charge in [-0.2, -0.15) is 13.2 Å². The van der Waals surface area contributed by atoms with Crippen LogP contribution in [0.25, 0.3) is 0 Å². The van der Waals surface area contributed by atoms with Gasteiger partial charge in [-0.3, -0.25) is 4.79 Å². The van der Waals surface area contributed by atoms with Gasteiger partial charge in [0.15, 0.2) is 0 Å². The Morgan fingerprint density at radius 3 is 2.55 bits per heavy atom. The van der Waals surface area contributed by atoms with E-state index in [1.54, 1.807) is 0 Å². The Balaban J connectivity index is 2.74. The maximum Gasteiger partial charge on any atom is 0.418 e. The number of hydrogen-bond acceptors (Lipinski definition) is 2. The molecule has 0 aliphatic rings. The summed E-state index contributed by atoms with van der Waals surface area (Å²) in [5, 5.41) is 2.11. The first-order chi connectivity index (χ1) is 9.36. The van der Waals surface area contributed by atoms with Crippen molar-refractivity contribution in [3.63, 3.8) is 0 Å². The summed E-state index contributed by atoms with van der Waals surface area (Å²) in [6.45, 7) is 0.532. The van der Waals surface area contributed by atoms with E-state index >= 15 is 0 Å². The van der Waals surface area contributed by atoms with Gasteiger partial charge in [-0.05, 0) is 31.5 Å². The van der Waals surface area contributed by atoms with Crippen molar-refractivity contribution < 1.29 is 18.0 Å². The summed E-state index contributed by atoms with van der Waals surface area (Å²) in [4.78, 5) is 11.6. The van der Waals surface area contributed by atoms with Gasteiger partial charge in [0, 0.05) is 6.42 Å². The van der Waals surface area contributed by atoms with Crippen molar-refractivity contribution in [3.8, 4) is 0 Å². The lowest BCUT2D eigenvalue weighted by Crippen LogP contribution is -2.16. The van der Waals surface area contributed by atoms with E-state index in [2.05, 4.69) is 5.32 Å². The molecule has 0 aromatic heterocycles. The number of nitrogens with one attached hydrogen (secondary N) is 1. The lowest BCUT2D eigenvalue weighted by atomic mass is 10.1. The van der Waals surface area contributed by atoms with Crippen LogP contribution in [0, 0.1) is 0 Å². The number of nitrogens with two attached hydrogens (primary N) is 1. The van der Waals surface area contributed by atoms with Gasteiger partial charge in [-0.25, -0.2) is 0 Å². The SMILES string of the molecule is NCCCCCC(=O)Nc1c(Cl)cccc1C(F)(F)F. The molecule has 3 nitrogen and oxygen atoms in total. The Kier molecular flexibility index (Phi) is 6.29. The van der Waals surface area contributed by atoms with E-state index in [9.17, 15) is 18.0 Å².